The monoisotopic (exact) mass is 248 g/mol. The Morgan fingerprint density at radius 2 is 2.33 bits per heavy atom. The molecule has 1 atom stereocenters. The first-order valence-corrected chi connectivity index (χ1v) is 6.39. The number of anilines is 1. The molecule has 0 aromatic heterocycles. The van der Waals surface area contributed by atoms with Gasteiger partial charge in [-0.15, -0.1) is 0 Å². The van der Waals surface area contributed by atoms with Gasteiger partial charge in [0.25, 0.3) is 5.91 Å². The Labute approximate surface area is 107 Å². The topological polar surface area (TPSA) is 61.4 Å². The first-order valence-electron chi connectivity index (χ1n) is 6.39. The molecule has 2 rings (SSSR count). The van der Waals surface area contributed by atoms with E-state index in [-0.39, 0.29) is 12.5 Å². The lowest BCUT2D eigenvalue weighted by molar-refractivity contribution is 0.0518. The normalized spacial score (nSPS) is 16.6. The van der Waals surface area contributed by atoms with Crippen LogP contribution >= 0.6 is 0 Å². The van der Waals surface area contributed by atoms with Gasteiger partial charge in [-0.25, -0.2) is 0 Å². The molecule has 1 aromatic carbocycles. The van der Waals surface area contributed by atoms with Crippen LogP contribution in [0.15, 0.2) is 18.2 Å². The third kappa shape index (κ3) is 2.82. The van der Waals surface area contributed by atoms with Gasteiger partial charge in [-0.3, -0.25) is 4.79 Å². The maximum atomic E-state index is 12.0. The summed E-state index contributed by atoms with van der Waals surface area (Å²) in [7, 11) is 0. The average Bonchev–Trinajstić information content (AvgIpc) is 2.83. The SMILES string of the molecule is CCC(C)(O)CNC(=O)c1ccc2c(c1)CCN2. The van der Waals surface area contributed by atoms with Crippen LogP contribution in [0.4, 0.5) is 5.69 Å². The van der Waals surface area contributed by atoms with Crippen LogP contribution in [0.2, 0.25) is 0 Å². The van der Waals surface area contributed by atoms with Crippen molar-refractivity contribution in [3.05, 3.63) is 29.3 Å². The molecular formula is C14H20N2O2. The highest BCUT2D eigenvalue weighted by atomic mass is 16.3. The van der Waals surface area contributed by atoms with E-state index in [9.17, 15) is 9.90 Å². The number of hydrogen-bond donors (Lipinski definition) is 3. The summed E-state index contributed by atoms with van der Waals surface area (Å²) in [5.74, 6) is -0.126. The number of fused-ring (bicyclic) bond motifs is 1. The number of carbonyl (C=O) groups excluding carboxylic acids is 1. The molecule has 1 aliphatic rings. The summed E-state index contributed by atoms with van der Waals surface area (Å²) in [5.41, 5.74) is 2.12. The van der Waals surface area contributed by atoms with Crippen molar-refractivity contribution in [3.63, 3.8) is 0 Å². The molecule has 4 heteroatoms. The second-order valence-electron chi connectivity index (χ2n) is 5.08. The van der Waals surface area contributed by atoms with Crippen LogP contribution in [-0.4, -0.2) is 29.7 Å². The smallest absolute Gasteiger partial charge is 0.251 e. The fourth-order valence-corrected chi connectivity index (χ4v) is 1.94. The highest BCUT2D eigenvalue weighted by Crippen LogP contribution is 2.22. The van der Waals surface area contributed by atoms with Crippen LogP contribution in [0.1, 0.15) is 36.2 Å². The number of hydrogen-bond acceptors (Lipinski definition) is 3. The summed E-state index contributed by atoms with van der Waals surface area (Å²) in [6.45, 7) is 4.83. The van der Waals surface area contributed by atoms with Gasteiger partial charge in [-0.05, 0) is 43.5 Å². The molecule has 1 amide bonds. The van der Waals surface area contributed by atoms with Crippen molar-refractivity contribution in [1.29, 1.82) is 0 Å². The lowest BCUT2D eigenvalue weighted by atomic mass is 10.0. The number of amides is 1. The van der Waals surface area contributed by atoms with Crippen molar-refractivity contribution < 1.29 is 9.90 Å². The Kier molecular flexibility index (Phi) is 3.57. The second-order valence-corrected chi connectivity index (χ2v) is 5.08. The fourth-order valence-electron chi connectivity index (χ4n) is 1.94. The third-order valence-electron chi connectivity index (χ3n) is 3.47. The lowest BCUT2D eigenvalue weighted by Crippen LogP contribution is -2.40. The molecular weight excluding hydrogens is 228 g/mol. The van der Waals surface area contributed by atoms with Crippen molar-refractivity contribution in [3.8, 4) is 0 Å². The molecule has 1 aromatic rings. The summed E-state index contributed by atoms with van der Waals surface area (Å²) >= 11 is 0. The van der Waals surface area contributed by atoms with Gasteiger partial charge in [-0.2, -0.15) is 0 Å². The Hall–Kier alpha value is -1.55. The van der Waals surface area contributed by atoms with Crippen LogP contribution in [-0.2, 0) is 6.42 Å². The number of aliphatic hydroxyl groups is 1. The highest BCUT2D eigenvalue weighted by molar-refractivity contribution is 5.95. The third-order valence-corrected chi connectivity index (χ3v) is 3.47. The summed E-state index contributed by atoms with van der Waals surface area (Å²) in [4.78, 5) is 12.0. The molecule has 98 valence electrons. The quantitative estimate of drug-likeness (QED) is 0.757. The van der Waals surface area contributed by atoms with E-state index >= 15 is 0 Å². The van der Waals surface area contributed by atoms with Crippen LogP contribution < -0.4 is 10.6 Å². The first kappa shape index (κ1) is 12.9. The van der Waals surface area contributed by atoms with E-state index in [0.29, 0.717) is 12.0 Å². The van der Waals surface area contributed by atoms with Crippen LogP contribution in [0.25, 0.3) is 0 Å². The minimum absolute atomic E-state index is 0.126. The molecule has 4 nitrogen and oxygen atoms in total. The van der Waals surface area contributed by atoms with E-state index in [1.165, 1.54) is 5.56 Å². The standard InChI is InChI=1S/C14H20N2O2/c1-3-14(2,18)9-16-13(17)11-4-5-12-10(8-11)6-7-15-12/h4-5,8,15,18H,3,6-7,9H2,1-2H3,(H,16,17). The van der Waals surface area contributed by atoms with Gasteiger partial charge < -0.3 is 15.7 Å². The highest BCUT2D eigenvalue weighted by Gasteiger charge is 2.19. The van der Waals surface area contributed by atoms with Crippen molar-refractivity contribution in [2.75, 3.05) is 18.4 Å². The van der Waals surface area contributed by atoms with Gasteiger partial charge >= 0.3 is 0 Å². The van der Waals surface area contributed by atoms with Crippen LogP contribution in [0.3, 0.4) is 0 Å². The lowest BCUT2D eigenvalue weighted by Gasteiger charge is -2.21. The zero-order chi connectivity index (χ0) is 13.2. The van der Waals surface area contributed by atoms with Crippen molar-refractivity contribution >= 4 is 11.6 Å². The molecule has 1 aliphatic heterocycles. The Morgan fingerprint density at radius 3 is 3.06 bits per heavy atom. The average molecular weight is 248 g/mol. The van der Waals surface area contributed by atoms with Gasteiger partial charge in [0.05, 0.1) is 5.60 Å². The van der Waals surface area contributed by atoms with Crippen LogP contribution in [0.5, 0.6) is 0 Å². The molecule has 1 heterocycles. The number of nitrogens with one attached hydrogen (secondary N) is 2. The van der Waals surface area contributed by atoms with Crippen LogP contribution in [0, 0.1) is 0 Å². The summed E-state index contributed by atoms with van der Waals surface area (Å²) in [6.07, 6.45) is 1.57. The van der Waals surface area contributed by atoms with Gasteiger partial charge in [0, 0.05) is 24.3 Å². The number of rotatable bonds is 4. The van der Waals surface area contributed by atoms with E-state index in [0.717, 1.165) is 18.7 Å². The van der Waals surface area contributed by atoms with E-state index in [1.807, 2.05) is 25.1 Å². The van der Waals surface area contributed by atoms with Gasteiger partial charge in [0.15, 0.2) is 0 Å². The largest absolute Gasteiger partial charge is 0.388 e. The minimum Gasteiger partial charge on any atom is -0.388 e. The van der Waals surface area contributed by atoms with Crippen molar-refractivity contribution in [1.82, 2.24) is 5.32 Å². The van der Waals surface area contributed by atoms with Gasteiger partial charge in [-0.1, -0.05) is 6.92 Å². The Morgan fingerprint density at radius 1 is 1.56 bits per heavy atom. The van der Waals surface area contributed by atoms with Crippen molar-refractivity contribution in [2.45, 2.75) is 32.3 Å². The van der Waals surface area contributed by atoms with Gasteiger partial charge in [0.1, 0.15) is 0 Å². The number of carbonyl (C=O) groups is 1. The predicted molar refractivity (Wildman–Crippen MR) is 71.9 cm³/mol. The molecule has 3 N–H and O–H groups in total. The van der Waals surface area contributed by atoms with Crippen molar-refractivity contribution in [2.24, 2.45) is 0 Å². The summed E-state index contributed by atoms with van der Waals surface area (Å²) in [6, 6.07) is 5.67. The zero-order valence-electron chi connectivity index (χ0n) is 10.9. The first-order chi connectivity index (χ1) is 8.52. The summed E-state index contributed by atoms with van der Waals surface area (Å²) < 4.78 is 0. The Balaban J connectivity index is 2.01. The molecule has 0 bridgehead atoms. The van der Waals surface area contributed by atoms with E-state index in [1.54, 1.807) is 6.92 Å². The summed E-state index contributed by atoms with van der Waals surface area (Å²) in [5, 5.41) is 15.9. The minimum atomic E-state index is -0.839. The fraction of sp³-hybridized carbons (Fsp3) is 0.500. The predicted octanol–water partition coefficient (Wildman–Crippen LogP) is 1.55. The molecule has 1 unspecified atom stereocenters. The molecule has 0 saturated carbocycles. The van der Waals surface area contributed by atoms with E-state index in [4.69, 9.17) is 0 Å². The molecule has 0 fully saturated rings. The Bertz CT molecular complexity index is 455. The molecule has 0 aliphatic carbocycles. The number of benzene rings is 1. The van der Waals surface area contributed by atoms with E-state index in [2.05, 4.69) is 10.6 Å². The maximum Gasteiger partial charge on any atom is 0.251 e. The molecule has 0 radical (unpaired) electrons. The maximum absolute atomic E-state index is 12.0. The molecule has 0 spiro atoms. The molecule has 0 saturated heterocycles. The van der Waals surface area contributed by atoms with E-state index < -0.39 is 5.60 Å². The second kappa shape index (κ2) is 4.98. The van der Waals surface area contributed by atoms with Gasteiger partial charge in [0.2, 0.25) is 0 Å². The molecule has 18 heavy (non-hydrogen) atoms. The zero-order valence-corrected chi connectivity index (χ0v) is 10.9.